The second-order valence-electron chi connectivity index (χ2n) is 6.16. The van der Waals surface area contributed by atoms with Gasteiger partial charge in [0, 0.05) is 5.70 Å². The van der Waals surface area contributed by atoms with E-state index < -0.39 is 12.0 Å². The van der Waals surface area contributed by atoms with Gasteiger partial charge in [-0.3, -0.25) is 0 Å². The van der Waals surface area contributed by atoms with Crippen LogP contribution in [0.15, 0.2) is 35.5 Å². The predicted octanol–water partition coefficient (Wildman–Crippen LogP) is 3.08. The zero-order valence-electron chi connectivity index (χ0n) is 14.1. The molecule has 1 aromatic carbocycles. The Morgan fingerprint density at radius 3 is 2.48 bits per heavy atom. The third kappa shape index (κ3) is 4.12. The molecule has 0 spiro atoms. The molecule has 5 heteroatoms. The van der Waals surface area contributed by atoms with Gasteiger partial charge in [-0.2, -0.15) is 0 Å². The standard InChI is InChI=1S/C18H24N2O3/c1-5-13-6-8-14(9-7-13)16-15(12(4)19-18(22)20-16)17(21)23-10-11(2)3/h6-9,11,16H,5,10H2,1-4H3,(H2,19,20,22)/t16-/m1/s1. The van der Waals surface area contributed by atoms with Gasteiger partial charge in [0.15, 0.2) is 0 Å². The van der Waals surface area contributed by atoms with Gasteiger partial charge in [0.1, 0.15) is 0 Å². The van der Waals surface area contributed by atoms with Gasteiger partial charge in [-0.15, -0.1) is 0 Å². The van der Waals surface area contributed by atoms with Crippen LogP contribution >= 0.6 is 0 Å². The number of benzene rings is 1. The van der Waals surface area contributed by atoms with Crippen LogP contribution in [0.1, 0.15) is 44.9 Å². The Labute approximate surface area is 137 Å². The number of esters is 1. The minimum Gasteiger partial charge on any atom is -0.462 e. The number of aryl methyl sites for hydroxylation is 1. The van der Waals surface area contributed by atoms with Crippen LogP contribution in [0.5, 0.6) is 0 Å². The van der Waals surface area contributed by atoms with Crippen molar-refractivity contribution in [3.63, 3.8) is 0 Å². The van der Waals surface area contributed by atoms with E-state index in [1.54, 1.807) is 6.92 Å². The molecule has 23 heavy (non-hydrogen) atoms. The molecule has 1 atom stereocenters. The third-order valence-electron chi connectivity index (χ3n) is 3.76. The highest BCUT2D eigenvalue weighted by Gasteiger charge is 2.32. The quantitative estimate of drug-likeness (QED) is 0.820. The predicted molar refractivity (Wildman–Crippen MR) is 88.7 cm³/mol. The average molecular weight is 316 g/mol. The Bertz CT molecular complexity index is 618. The number of nitrogens with one attached hydrogen (secondary N) is 2. The molecule has 0 saturated heterocycles. The van der Waals surface area contributed by atoms with Gasteiger partial charge in [-0.25, -0.2) is 9.59 Å². The molecule has 0 unspecified atom stereocenters. The summed E-state index contributed by atoms with van der Waals surface area (Å²) in [4.78, 5) is 24.3. The van der Waals surface area contributed by atoms with Gasteiger partial charge in [-0.05, 0) is 30.4 Å². The van der Waals surface area contributed by atoms with E-state index in [4.69, 9.17) is 4.74 Å². The van der Waals surface area contributed by atoms with E-state index in [1.807, 2.05) is 38.1 Å². The molecule has 2 amide bonds. The molecular formula is C18H24N2O3. The second-order valence-corrected chi connectivity index (χ2v) is 6.16. The number of ether oxygens (including phenoxy) is 1. The summed E-state index contributed by atoms with van der Waals surface area (Å²) in [6.45, 7) is 8.12. The van der Waals surface area contributed by atoms with Crippen LogP contribution < -0.4 is 10.6 Å². The zero-order valence-corrected chi connectivity index (χ0v) is 14.1. The molecule has 1 heterocycles. The largest absolute Gasteiger partial charge is 0.462 e. The molecule has 124 valence electrons. The van der Waals surface area contributed by atoms with E-state index in [1.165, 1.54) is 5.56 Å². The van der Waals surface area contributed by atoms with Crippen LogP contribution in [-0.2, 0) is 16.0 Å². The Kier molecular flexibility index (Phi) is 5.42. The molecule has 0 radical (unpaired) electrons. The van der Waals surface area contributed by atoms with Crippen molar-refractivity contribution in [3.05, 3.63) is 46.7 Å². The van der Waals surface area contributed by atoms with Crippen LogP contribution in [0.4, 0.5) is 4.79 Å². The normalized spacial score (nSPS) is 17.8. The number of rotatable bonds is 5. The van der Waals surface area contributed by atoms with Gasteiger partial charge in [0.05, 0.1) is 18.2 Å². The SMILES string of the molecule is CCc1ccc([C@H]2NC(=O)NC(C)=C2C(=O)OCC(C)C)cc1. The van der Waals surface area contributed by atoms with Crippen LogP contribution in [0.25, 0.3) is 0 Å². The molecule has 1 aliphatic heterocycles. The number of allylic oxidation sites excluding steroid dienone is 1. The molecule has 0 fully saturated rings. The maximum atomic E-state index is 12.5. The summed E-state index contributed by atoms with van der Waals surface area (Å²) in [6.07, 6.45) is 0.941. The number of hydrogen-bond acceptors (Lipinski definition) is 3. The second kappa shape index (κ2) is 7.31. The van der Waals surface area contributed by atoms with E-state index in [2.05, 4.69) is 17.6 Å². The molecule has 0 aromatic heterocycles. The first-order valence-electron chi connectivity index (χ1n) is 7.96. The minimum absolute atomic E-state index is 0.258. The fourth-order valence-corrected chi connectivity index (χ4v) is 2.48. The van der Waals surface area contributed by atoms with Crippen molar-refractivity contribution in [1.29, 1.82) is 0 Å². The average Bonchev–Trinajstić information content (AvgIpc) is 2.52. The maximum absolute atomic E-state index is 12.5. The first-order valence-corrected chi connectivity index (χ1v) is 7.96. The van der Waals surface area contributed by atoms with Crippen LogP contribution in [-0.4, -0.2) is 18.6 Å². The summed E-state index contributed by atoms with van der Waals surface area (Å²) >= 11 is 0. The van der Waals surface area contributed by atoms with Crippen molar-refractivity contribution in [1.82, 2.24) is 10.6 Å². The monoisotopic (exact) mass is 316 g/mol. The first-order chi connectivity index (χ1) is 10.9. The summed E-state index contributed by atoms with van der Waals surface area (Å²) in [5.41, 5.74) is 3.06. The number of amides is 2. The van der Waals surface area contributed by atoms with Crippen molar-refractivity contribution in [2.24, 2.45) is 5.92 Å². The fourth-order valence-electron chi connectivity index (χ4n) is 2.48. The minimum atomic E-state index is -0.491. The van der Waals surface area contributed by atoms with E-state index in [9.17, 15) is 9.59 Å². The van der Waals surface area contributed by atoms with Crippen molar-refractivity contribution < 1.29 is 14.3 Å². The highest BCUT2D eigenvalue weighted by atomic mass is 16.5. The van der Waals surface area contributed by atoms with Crippen molar-refractivity contribution in [2.45, 2.75) is 40.2 Å². The van der Waals surface area contributed by atoms with E-state index in [0.29, 0.717) is 17.9 Å². The van der Waals surface area contributed by atoms with Crippen LogP contribution in [0.3, 0.4) is 0 Å². The molecule has 2 rings (SSSR count). The molecule has 2 N–H and O–H groups in total. The lowest BCUT2D eigenvalue weighted by Crippen LogP contribution is -2.45. The number of carbonyl (C=O) groups excluding carboxylic acids is 2. The van der Waals surface area contributed by atoms with Crippen molar-refractivity contribution >= 4 is 12.0 Å². The lowest BCUT2D eigenvalue weighted by atomic mass is 9.94. The van der Waals surface area contributed by atoms with Gasteiger partial charge in [0.25, 0.3) is 0 Å². The Morgan fingerprint density at radius 2 is 1.91 bits per heavy atom. The molecule has 5 nitrogen and oxygen atoms in total. The lowest BCUT2D eigenvalue weighted by molar-refractivity contribution is -0.140. The summed E-state index contributed by atoms with van der Waals surface area (Å²) in [6, 6.07) is 7.10. The van der Waals surface area contributed by atoms with Crippen molar-refractivity contribution in [3.8, 4) is 0 Å². The highest BCUT2D eigenvalue weighted by molar-refractivity contribution is 5.95. The van der Waals surface area contributed by atoms with Gasteiger partial charge >= 0.3 is 12.0 Å². The lowest BCUT2D eigenvalue weighted by Gasteiger charge is -2.28. The summed E-state index contributed by atoms with van der Waals surface area (Å²) < 4.78 is 5.36. The summed E-state index contributed by atoms with van der Waals surface area (Å²) in [5, 5.41) is 5.46. The topological polar surface area (TPSA) is 67.4 Å². The van der Waals surface area contributed by atoms with E-state index >= 15 is 0 Å². The third-order valence-corrected chi connectivity index (χ3v) is 3.76. The van der Waals surface area contributed by atoms with Gasteiger partial charge < -0.3 is 15.4 Å². The van der Waals surface area contributed by atoms with Gasteiger partial charge in [-0.1, -0.05) is 45.0 Å². The summed E-state index contributed by atoms with van der Waals surface area (Å²) in [5.74, 6) is -0.137. The zero-order chi connectivity index (χ0) is 17.0. The highest BCUT2D eigenvalue weighted by Crippen LogP contribution is 2.28. The van der Waals surface area contributed by atoms with Crippen LogP contribution in [0, 0.1) is 5.92 Å². The van der Waals surface area contributed by atoms with Gasteiger partial charge in [0.2, 0.25) is 0 Å². The molecule has 1 aromatic rings. The molecule has 0 saturated carbocycles. The molecule has 0 bridgehead atoms. The number of carbonyl (C=O) groups is 2. The molecule has 1 aliphatic rings. The first kappa shape index (κ1) is 17.1. The van der Waals surface area contributed by atoms with Crippen LogP contribution in [0.2, 0.25) is 0 Å². The number of hydrogen-bond donors (Lipinski definition) is 2. The smallest absolute Gasteiger partial charge is 0.338 e. The van der Waals surface area contributed by atoms with E-state index in [0.717, 1.165) is 12.0 Å². The summed E-state index contributed by atoms with van der Waals surface area (Å²) in [7, 11) is 0. The number of urea groups is 1. The Balaban J connectivity index is 2.31. The fraction of sp³-hybridized carbons (Fsp3) is 0.444. The van der Waals surface area contributed by atoms with Crippen molar-refractivity contribution in [2.75, 3.05) is 6.61 Å². The Morgan fingerprint density at radius 1 is 1.26 bits per heavy atom. The molecular weight excluding hydrogens is 292 g/mol. The Hall–Kier alpha value is -2.30. The molecule has 0 aliphatic carbocycles. The maximum Gasteiger partial charge on any atom is 0.338 e. The van der Waals surface area contributed by atoms with E-state index in [-0.39, 0.29) is 11.9 Å².